The van der Waals surface area contributed by atoms with E-state index in [0.29, 0.717) is 0 Å². The summed E-state index contributed by atoms with van der Waals surface area (Å²) in [6.07, 6.45) is -0.112. The second kappa shape index (κ2) is 4.83. The van der Waals surface area contributed by atoms with E-state index in [9.17, 15) is 16.8 Å². The number of hydrogen-bond donors (Lipinski definition) is 2. The van der Waals surface area contributed by atoms with Crippen LogP contribution in [0.3, 0.4) is 0 Å². The average molecular weight is 236 g/mol. The van der Waals surface area contributed by atoms with Gasteiger partial charge in [0.15, 0.2) is 0 Å². The van der Waals surface area contributed by atoms with E-state index in [1.54, 1.807) is 0 Å². The molecule has 0 amide bonds. The fraction of sp³-hybridized carbons (Fsp3) is 1.00. The van der Waals surface area contributed by atoms with Gasteiger partial charge in [0.1, 0.15) is 0 Å². The van der Waals surface area contributed by atoms with Crippen molar-refractivity contribution < 1.29 is 34.3 Å². The zero-order valence-corrected chi connectivity index (χ0v) is 7.91. The Bertz CT molecular complexity index is 290. The van der Waals surface area contributed by atoms with Crippen LogP contribution in [0, 0.1) is 0 Å². The highest BCUT2D eigenvalue weighted by molar-refractivity contribution is 7.81. The summed E-state index contributed by atoms with van der Waals surface area (Å²) in [7, 11) is -9.02. The van der Waals surface area contributed by atoms with Crippen LogP contribution in [-0.4, -0.2) is 39.2 Å². The minimum Gasteiger partial charge on any atom is -0.264 e. The maximum Gasteiger partial charge on any atom is 0.397 e. The number of rotatable bonds is 6. The first-order valence-corrected chi connectivity index (χ1v) is 5.67. The van der Waals surface area contributed by atoms with Crippen LogP contribution in [0.1, 0.15) is 6.42 Å². The van der Waals surface area contributed by atoms with Gasteiger partial charge in [-0.15, -0.1) is 0 Å². The normalized spacial score (nSPS) is 13.1. The van der Waals surface area contributed by atoms with Gasteiger partial charge in [-0.25, -0.2) is 8.37 Å². The molecule has 0 aliphatic carbocycles. The molecule has 0 aliphatic rings. The molecule has 0 unspecified atom stereocenters. The Kier molecular flexibility index (Phi) is 4.74. The molecule has 0 aromatic rings. The quantitative estimate of drug-likeness (QED) is 0.444. The zero-order valence-electron chi connectivity index (χ0n) is 6.28. The van der Waals surface area contributed by atoms with Gasteiger partial charge in [0.25, 0.3) is 0 Å². The highest BCUT2D eigenvalue weighted by Gasteiger charge is 2.06. The van der Waals surface area contributed by atoms with Gasteiger partial charge in [-0.3, -0.25) is 9.11 Å². The van der Waals surface area contributed by atoms with E-state index < -0.39 is 34.0 Å². The van der Waals surface area contributed by atoms with Crippen molar-refractivity contribution in [2.75, 3.05) is 13.2 Å². The van der Waals surface area contributed by atoms with E-state index in [1.807, 2.05) is 0 Å². The van der Waals surface area contributed by atoms with Crippen LogP contribution in [0.25, 0.3) is 0 Å². The van der Waals surface area contributed by atoms with Gasteiger partial charge in [0.05, 0.1) is 13.2 Å². The first kappa shape index (κ1) is 12.7. The zero-order chi connectivity index (χ0) is 10.5. The molecule has 0 atom stereocenters. The van der Waals surface area contributed by atoms with Gasteiger partial charge in [-0.05, 0) is 6.42 Å². The lowest BCUT2D eigenvalue weighted by molar-refractivity contribution is 0.218. The minimum absolute atomic E-state index is 0.112. The Morgan fingerprint density at radius 2 is 1.15 bits per heavy atom. The monoisotopic (exact) mass is 236 g/mol. The van der Waals surface area contributed by atoms with Gasteiger partial charge >= 0.3 is 20.8 Å². The van der Waals surface area contributed by atoms with E-state index in [0.717, 1.165) is 0 Å². The summed E-state index contributed by atoms with van der Waals surface area (Å²) in [4.78, 5) is 0. The largest absolute Gasteiger partial charge is 0.397 e. The van der Waals surface area contributed by atoms with Crippen LogP contribution in [0.2, 0.25) is 0 Å². The highest BCUT2D eigenvalue weighted by atomic mass is 32.3. The summed E-state index contributed by atoms with van der Waals surface area (Å²) in [5.74, 6) is 0. The van der Waals surface area contributed by atoms with Crippen molar-refractivity contribution in [3.63, 3.8) is 0 Å². The predicted octanol–water partition coefficient (Wildman–Crippen LogP) is -0.985. The van der Waals surface area contributed by atoms with Crippen molar-refractivity contribution >= 4 is 20.8 Å². The molecule has 0 aliphatic heterocycles. The Labute approximate surface area is 75.4 Å². The molecule has 0 bridgehead atoms. The maximum atomic E-state index is 9.92. The van der Waals surface area contributed by atoms with Gasteiger partial charge in [-0.1, -0.05) is 0 Å². The lowest BCUT2D eigenvalue weighted by atomic mass is 10.5. The lowest BCUT2D eigenvalue weighted by Crippen LogP contribution is -2.09. The molecule has 0 spiro atoms. The molecule has 8 nitrogen and oxygen atoms in total. The van der Waals surface area contributed by atoms with E-state index >= 15 is 0 Å². The molecule has 0 saturated heterocycles. The van der Waals surface area contributed by atoms with E-state index in [1.165, 1.54) is 0 Å². The molecule has 0 heterocycles. The van der Waals surface area contributed by atoms with E-state index in [2.05, 4.69) is 8.37 Å². The van der Waals surface area contributed by atoms with Gasteiger partial charge in [0, 0.05) is 0 Å². The highest BCUT2D eigenvalue weighted by Crippen LogP contribution is 1.92. The van der Waals surface area contributed by atoms with Gasteiger partial charge in [-0.2, -0.15) is 16.8 Å². The summed E-state index contributed by atoms with van der Waals surface area (Å²) in [5, 5.41) is 0. The third kappa shape index (κ3) is 11.7. The predicted molar refractivity (Wildman–Crippen MR) is 39.6 cm³/mol. The van der Waals surface area contributed by atoms with E-state index in [-0.39, 0.29) is 6.42 Å². The van der Waals surface area contributed by atoms with Crippen LogP contribution >= 0.6 is 0 Å². The Morgan fingerprint density at radius 3 is 1.38 bits per heavy atom. The molecule has 0 aromatic heterocycles. The number of hydrogen-bond acceptors (Lipinski definition) is 6. The molecular weight excluding hydrogens is 228 g/mol. The Morgan fingerprint density at radius 1 is 0.846 bits per heavy atom. The van der Waals surface area contributed by atoms with Crippen LogP contribution in [-0.2, 0) is 29.2 Å². The molecule has 0 radical (unpaired) electrons. The van der Waals surface area contributed by atoms with Gasteiger partial charge in [0.2, 0.25) is 0 Å². The first-order chi connectivity index (χ1) is 5.71. The van der Waals surface area contributed by atoms with Crippen molar-refractivity contribution in [1.29, 1.82) is 0 Å². The third-order valence-electron chi connectivity index (χ3n) is 0.753. The molecule has 0 aromatic carbocycles. The smallest absolute Gasteiger partial charge is 0.264 e. The minimum atomic E-state index is -4.51. The van der Waals surface area contributed by atoms with Crippen LogP contribution < -0.4 is 0 Å². The first-order valence-electron chi connectivity index (χ1n) is 2.94. The molecule has 0 fully saturated rings. The standard InChI is InChI=1S/C3H8O8S2/c4-12(5,6)10-2-1-3-11-13(7,8)9/h1-3H2,(H,4,5,6)(H,7,8,9). The molecule has 80 valence electrons. The fourth-order valence-electron chi connectivity index (χ4n) is 0.387. The lowest BCUT2D eigenvalue weighted by Gasteiger charge is -1.99. The average Bonchev–Trinajstić information content (AvgIpc) is 1.81. The Hall–Kier alpha value is -0.260. The van der Waals surface area contributed by atoms with Gasteiger partial charge < -0.3 is 0 Å². The van der Waals surface area contributed by atoms with Crippen LogP contribution in [0.5, 0.6) is 0 Å². The molecule has 0 rings (SSSR count). The Balaban J connectivity index is 3.50. The van der Waals surface area contributed by atoms with Crippen molar-refractivity contribution in [2.45, 2.75) is 6.42 Å². The second-order valence-corrected chi connectivity index (χ2v) is 4.04. The van der Waals surface area contributed by atoms with Crippen molar-refractivity contribution in [3.8, 4) is 0 Å². The van der Waals surface area contributed by atoms with Crippen molar-refractivity contribution in [2.24, 2.45) is 0 Å². The molecule has 2 N–H and O–H groups in total. The summed E-state index contributed by atoms with van der Waals surface area (Å²) in [6, 6.07) is 0. The van der Waals surface area contributed by atoms with E-state index in [4.69, 9.17) is 9.11 Å². The molecule has 13 heavy (non-hydrogen) atoms. The topological polar surface area (TPSA) is 127 Å². The second-order valence-electron chi connectivity index (χ2n) is 1.85. The summed E-state index contributed by atoms with van der Waals surface area (Å²) >= 11 is 0. The van der Waals surface area contributed by atoms with Crippen LogP contribution in [0.4, 0.5) is 0 Å². The summed E-state index contributed by atoms with van der Waals surface area (Å²) < 4.78 is 63.3. The molecular formula is C3H8O8S2. The fourth-order valence-corrected chi connectivity index (χ4v) is 1.04. The van der Waals surface area contributed by atoms with Crippen LogP contribution in [0.15, 0.2) is 0 Å². The van der Waals surface area contributed by atoms with Crippen molar-refractivity contribution in [1.82, 2.24) is 0 Å². The maximum absolute atomic E-state index is 9.92. The SMILES string of the molecule is O=S(=O)(O)OCCCOS(=O)(=O)O. The summed E-state index contributed by atoms with van der Waals surface area (Å²) in [5.41, 5.74) is 0. The van der Waals surface area contributed by atoms with Crippen molar-refractivity contribution in [3.05, 3.63) is 0 Å². The third-order valence-corrected chi connectivity index (χ3v) is 1.68. The summed E-state index contributed by atoms with van der Waals surface area (Å²) in [6.45, 7) is -0.872. The molecule has 0 saturated carbocycles. The molecule has 10 heteroatoms.